The van der Waals surface area contributed by atoms with Gasteiger partial charge < -0.3 is 15.2 Å². The highest BCUT2D eigenvalue weighted by Crippen LogP contribution is 2.40. The standard InChI is InChI=1S/C14H17F2N3O2/c1-14(2,3)13-18-9-6(12(17)19-13)7(15)10(20-4)11(21-5)8(9)16/h1-5H3,(H2,17,18,19). The number of nitrogen functional groups attached to an aromatic ring is 1. The number of halogens is 2. The monoisotopic (exact) mass is 297 g/mol. The summed E-state index contributed by atoms with van der Waals surface area (Å²) in [4.78, 5) is 8.18. The summed E-state index contributed by atoms with van der Waals surface area (Å²) in [6.07, 6.45) is 0. The van der Waals surface area contributed by atoms with E-state index in [2.05, 4.69) is 9.97 Å². The Balaban J connectivity index is 2.97. The van der Waals surface area contributed by atoms with Gasteiger partial charge in [-0.2, -0.15) is 0 Å². The maximum Gasteiger partial charge on any atom is 0.202 e. The van der Waals surface area contributed by atoms with E-state index < -0.39 is 17.0 Å². The Morgan fingerprint density at radius 3 is 1.95 bits per heavy atom. The van der Waals surface area contributed by atoms with E-state index in [9.17, 15) is 8.78 Å². The topological polar surface area (TPSA) is 70.3 Å². The van der Waals surface area contributed by atoms with Crippen LogP contribution in [0, 0.1) is 11.6 Å². The number of hydrogen-bond donors (Lipinski definition) is 1. The minimum absolute atomic E-state index is 0.137. The zero-order valence-electron chi connectivity index (χ0n) is 12.5. The third-order valence-electron chi connectivity index (χ3n) is 3.05. The van der Waals surface area contributed by atoms with Crippen LogP contribution in [-0.2, 0) is 5.41 Å². The lowest BCUT2D eigenvalue weighted by molar-refractivity contribution is 0.325. The highest BCUT2D eigenvalue weighted by atomic mass is 19.1. The number of fused-ring (bicyclic) bond motifs is 1. The normalized spacial score (nSPS) is 11.8. The predicted octanol–water partition coefficient (Wildman–Crippen LogP) is 2.80. The number of hydrogen-bond acceptors (Lipinski definition) is 5. The van der Waals surface area contributed by atoms with Crippen LogP contribution in [0.4, 0.5) is 14.6 Å². The van der Waals surface area contributed by atoms with Crippen molar-refractivity contribution in [3.05, 3.63) is 17.5 Å². The van der Waals surface area contributed by atoms with E-state index in [1.165, 1.54) is 14.2 Å². The van der Waals surface area contributed by atoms with Crippen molar-refractivity contribution in [2.24, 2.45) is 0 Å². The zero-order valence-corrected chi connectivity index (χ0v) is 12.5. The average Bonchev–Trinajstić information content (AvgIpc) is 2.40. The van der Waals surface area contributed by atoms with Crippen molar-refractivity contribution < 1.29 is 18.3 Å². The summed E-state index contributed by atoms with van der Waals surface area (Å²) in [5.74, 6) is -2.20. The molecule has 2 rings (SSSR count). The molecule has 114 valence electrons. The molecule has 0 unspecified atom stereocenters. The Morgan fingerprint density at radius 2 is 1.48 bits per heavy atom. The lowest BCUT2D eigenvalue weighted by Gasteiger charge is -2.19. The molecule has 0 aliphatic heterocycles. The van der Waals surface area contributed by atoms with Crippen molar-refractivity contribution in [1.29, 1.82) is 0 Å². The molecule has 21 heavy (non-hydrogen) atoms. The fraction of sp³-hybridized carbons (Fsp3) is 0.429. The van der Waals surface area contributed by atoms with Gasteiger partial charge in [-0.1, -0.05) is 20.8 Å². The first kappa shape index (κ1) is 15.2. The molecule has 7 heteroatoms. The molecule has 1 aromatic heterocycles. The van der Waals surface area contributed by atoms with Gasteiger partial charge >= 0.3 is 0 Å². The maximum atomic E-state index is 14.5. The molecule has 0 amide bonds. The third-order valence-corrected chi connectivity index (χ3v) is 3.05. The van der Waals surface area contributed by atoms with Gasteiger partial charge in [0.1, 0.15) is 17.2 Å². The van der Waals surface area contributed by atoms with Crippen molar-refractivity contribution >= 4 is 16.7 Å². The van der Waals surface area contributed by atoms with E-state index in [0.717, 1.165) is 0 Å². The number of nitrogens with zero attached hydrogens (tertiary/aromatic N) is 2. The molecule has 2 aromatic rings. The van der Waals surface area contributed by atoms with Gasteiger partial charge in [-0.05, 0) is 0 Å². The number of aromatic nitrogens is 2. The molecule has 1 heterocycles. The molecule has 0 bridgehead atoms. The molecule has 1 aromatic carbocycles. The van der Waals surface area contributed by atoms with E-state index >= 15 is 0 Å². The Bertz CT molecular complexity index is 712. The minimum atomic E-state index is -0.844. The summed E-state index contributed by atoms with van der Waals surface area (Å²) in [5, 5.41) is -0.210. The van der Waals surface area contributed by atoms with Gasteiger partial charge in [-0.3, -0.25) is 0 Å². The summed E-state index contributed by atoms with van der Waals surface area (Å²) in [5.41, 5.74) is 5.10. The van der Waals surface area contributed by atoms with E-state index in [1.807, 2.05) is 20.8 Å². The molecular formula is C14H17F2N3O2. The lowest BCUT2D eigenvalue weighted by Crippen LogP contribution is -2.18. The summed E-state index contributed by atoms with van der Waals surface area (Å²) in [6, 6.07) is 0. The molecule has 0 aliphatic carbocycles. The number of methoxy groups -OCH3 is 2. The van der Waals surface area contributed by atoms with Crippen LogP contribution in [0.25, 0.3) is 10.9 Å². The molecule has 0 spiro atoms. The number of ether oxygens (including phenoxy) is 2. The molecule has 5 nitrogen and oxygen atoms in total. The first-order chi connectivity index (χ1) is 9.72. The van der Waals surface area contributed by atoms with Crippen LogP contribution in [0.5, 0.6) is 11.5 Å². The van der Waals surface area contributed by atoms with E-state index in [4.69, 9.17) is 15.2 Å². The first-order valence-electron chi connectivity index (χ1n) is 6.29. The van der Waals surface area contributed by atoms with Crippen molar-refractivity contribution in [2.45, 2.75) is 26.2 Å². The Kier molecular flexibility index (Phi) is 3.61. The van der Waals surface area contributed by atoms with Gasteiger partial charge in [-0.15, -0.1) is 0 Å². The van der Waals surface area contributed by atoms with Gasteiger partial charge in [0.25, 0.3) is 0 Å². The number of nitrogens with two attached hydrogens (primary N) is 1. The SMILES string of the molecule is COc1c(OC)c(F)c2c(N)nc(C(C)(C)C)nc2c1F. The van der Waals surface area contributed by atoms with Crippen molar-refractivity contribution in [3.8, 4) is 11.5 Å². The van der Waals surface area contributed by atoms with Crippen molar-refractivity contribution in [3.63, 3.8) is 0 Å². The quantitative estimate of drug-likeness (QED) is 0.923. The smallest absolute Gasteiger partial charge is 0.202 e. The van der Waals surface area contributed by atoms with Gasteiger partial charge in [0.15, 0.2) is 11.6 Å². The van der Waals surface area contributed by atoms with E-state index in [0.29, 0.717) is 5.82 Å². The highest BCUT2D eigenvalue weighted by molar-refractivity contribution is 5.92. The molecule has 2 N–H and O–H groups in total. The lowest BCUT2D eigenvalue weighted by atomic mass is 9.95. The molecule has 0 aliphatic rings. The van der Waals surface area contributed by atoms with Gasteiger partial charge in [0.2, 0.25) is 11.5 Å². The third kappa shape index (κ3) is 2.32. The van der Waals surface area contributed by atoms with Crippen LogP contribution >= 0.6 is 0 Å². The van der Waals surface area contributed by atoms with Crippen LogP contribution in [0.1, 0.15) is 26.6 Å². The van der Waals surface area contributed by atoms with Crippen molar-refractivity contribution in [1.82, 2.24) is 9.97 Å². The largest absolute Gasteiger partial charge is 0.490 e. The van der Waals surface area contributed by atoms with Crippen LogP contribution in [0.15, 0.2) is 0 Å². The summed E-state index contributed by atoms with van der Waals surface area (Å²) in [6.45, 7) is 5.55. The summed E-state index contributed by atoms with van der Waals surface area (Å²) < 4.78 is 38.7. The Hall–Kier alpha value is -2.18. The fourth-order valence-corrected chi connectivity index (χ4v) is 1.97. The Morgan fingerprint density at radius 1 is 0.952 bits per heavy atom. The van der Waals surface area contributed by atoms with Gasteiger partial charge in [-0.25, -0.2) is 18.7 Å². The van der Waals surface area contributed by atoms with Crippen LogP contribution in [0.3, 0.4) is 0 Å². The summed E-state index contributed by atoms with van der Waals surface area (Å²) >= 11 is 0. The second-order valence-corrected chi connectivity index (χ2v) is 5.60. The van der Waals surface area contributed by atoms with Crippen LogP contribution in [-0.4, -0.2) is 24.2 Å². The first-order valence-corrected chi connectivity index (χ1v) is 6.29. The molecule has 0 saturated heterocycles. The molecule has 0 radical (unpaired) electrons. The number of rotatable bonds is 2. The zero-order chi connectivity index (χ0) is 15.9. The molecule has 0 fully saturated rings. The Labute approximate surface area is 121 Å². The predicted molar refractivity (Wildman–Crippen MR) is 75.7 cm³/mol. The second kappa shape index (κ2) is 4.98. The number of benzene rings is 1. The fourth-order valence-electron chi connectivity index (χ4n) is 1.97. The minimum Gasteiger partial charge on any atom is -0.490 e. The highest BCUT2D eigenvalue weighted by Gasteiger charge is 2.27. The van der Waals surface area contributed by atoms with E-state index in [1.54, 1.807) is 0 Å². The molecule has 0 saturated carbocycles. The van der Waals surface area contributed by atoms with E-state index in [-0.39, 0.29) is 28.2 Å². The van der Waals surface area contributed by atoms with Gasteiger partial charge in [0.05, 0.1) is 19.6 Å². The maximum absolute atomic E-state index is 14.5. The molecular weight excluding hydrogens is 280 g/mol. The number of anilines is 1. The van der Waals surface area contributed by atoms with Crippen LogP contribution in [0.2, 0.25) is 0 Å². The van der Waals surface area contributed by atoms with Crippen molar-refractivity contribution in [2.75, 3.05) is 20.0 Å². The summed E-state index contributed by atoms with van der Waals surface area (Å²) in [7, 11) is 2.44. The van der Waals surface area contributed by atoms with Gasteiger partial charge in [0, 0.05) is 5.41 Å². The molecule has 0 atom stereocenters. The average molecular weight is 297 g/mol. The van der Waals surface area contributed by atoms with Crippen LogP contribution < -0.4 is 15.2 Å². The second-order valence-electron chi connectivity index (χ2n) is 5.60.